The third-order valence-corrected chi connectivity index (χ3v) is 5.40. The molecule has 2 aromatic rings. The Labute approximate surface area is 146 Å². The summed E-state index contributed by atoms with van der Waals surface area (Å²) in [5.74, 6) is -1.63. The monoisotopic (exact) mass is 363 g/mol. The SMILES string of the molecule is Cn1c(N)c(C(=O)COC(=O)c2cc3c(s2)CCCC3)c(=O)[nH]c1=O. The minimum absolute atomic E-state index is 0.263. The highest BCUT2D eigenvalue weighted by molar-refractivity contribution is 7.14. The van der Waals surface area contributed by atoms with Gasteiger partial charge in [-0.05, 0) is 37.3 Å². The molecule has 0 atom stereocenters. The Hall–Kier alpha value is -2.68. The average Bonchev–Trinajstić information content (AvgIpc) is 3.02. The van der Waals surface area contributed by atoms with Crippen molar-refractivity contribution in [2.75, 3.05) is 12.3 Å². The summed E-state index contributed by atoms with van der Waals surface area (Å²) >= 11 is 1.38. The molecule has 3 N–H and O–H groups in total. The number of H-pyrrole nitrogens is 1. The van der Waals surface area contributed by atoms with Gasteiger partial charge in [0.2, 0.25) is 5.78 Å². The van der Waals surface area contributed by atoms with E-state index in [1.807, 2.05) is 4.98 Å². The number of thiophene rings is 1. The van der Waals surface area contributed by atoms with Crippen LogP contribution in [0.25, 0.3) is 0 Å². The van der Waals surface area contributed by atoms with Crippen LogP contribution in [-0.2, 0) is 24.6 Å². The molecule has 0 saturated heterocycles. The third kappa shape index (κ3) is 3.27. The summed E-state index contributed by atoms with van der Waals surface area (Å²) in [6.07, 6.45) is 4.11. The zero-order chi connectivity index (χ0) is 18.1. The normalized spacial score (nSPS) is 13.3. The summed E-state index contributed by atoms with van der Waals surface area (Å²) in [6, 6.07) is 1.80. The van der Waals surface area contributed by atoms with Crippen LogP contribution in [0.2, 0.25) is 0 Å². The van der Waals surface area contributed by atoms with Gasteiger partial charge < -0.3 is 10.5 Å². The summed E-state index contributed by atoms with van der Waals surface area (Å²) < 4.78 is 5.98. The number of esters is 1. The quantitative estimate of drug-likeness (QED) is 0.607. The number of Topliss-reactive ketones (excluding diaryl/α,β-unsaturated/α-hetero) is 1. The highest BCUT2D eigenvalue weighted by Crippen LogP contribution is 2.30. The van der Waals surface area contributed by atoms with E-state index in [2.05, 4.69) is 0 Å². The van der Waals surface area contributed by atoms with Crippen LogP contribution < -0.4 is 17.0 Å². The molecule has 2 heterocycles. The molecule has 9 heteroatoms. The van der Waals surface area contributed by atoms with Gasteiger partial charge in [-0.25, -0.2) is 9.59 Å². The second-order valence-corrected chi connectivity index (χ2v) is 6.98. The molecule has 0 amide bonds. The maximum Gasteiger partial charge on any atom is 0.348 e. The highest BCUT2D eigenvalue weighted by atomic mass is 32.1. The fraction of sp³-hybridized carbons (Fsp3) is 0.375. The standard InChI is InChI=1S/C16H17N3O5S/c1-19-13(17)12(14(21)18-16(19)23)9(20)7-24-15(22)11-6-8-4-2-3-5-10(8)25-11/h6H,2-5,7,17H2,1H3,(H,18,21,23). The average molecular weight is 363 g/mol. The van der Waals surface area contributed by atoms with E-state index in [-0.39, 0.29) is 11.4 Å². The molecule has 0 aliphatic heterocycles. The van der Waals surface area contributed by atoms with Gasteiger partial charge in [0.1, 0.15) is 16.3 Å². The van der Waals surface area contributed by atoms with Gasteiger partial charge in [-0.15, -0.1) is 11.3 Å². The van der Waals surface area contributed by atoms with E-state index < -0.39 is 29.6 Å². The Kier molecular flexibility index (Phi) is 4.58. The highest BCUT2D eigenvalue weighted by Gasteiger charge is 2.22. The predicted octanol–water partition coefficient (Wildman–Crippen LogP) is 0.636. The lowest BCUT2D eigenvalue weighted by Gasteiger charge is -2.08. The fourth-order valence-electron chi connectivity index (χ4n) is 2.77. The Morgan fingerprint density at radius 1 is 1.32 bits per heavy atom. The fourth-order valence-corrected chi connectivity index (χ4v) is 3.92. The van der Waals surface area contributed by atoms with Crippen molar-refractivity contribution < 1.29 is 14.3 Å². The number of carbonyl (C=O) groups excluding carboxylic acids is 2. The predicted molar refractivity (Wildman–Crippen MR) is 92.3 cm³/mol. The van der Waals surface area contributed by atoms with E-state index in [0.717, 1.165) is 35.8 Å². The number of aromatic amines is 1. The number of hydrogen-bond acceptors (Lipinski definition) is 7. The Bertz CT molecular complexity index is 946. The number of aromatic nitrogens is 2. The van der Waals surface area contributed by atoms with E-state index >= 15 is 0 Å². The van der Waals surface area contributed by atoms with Crippen LogP contribution in [0.4, 0.5) is 5.82 Å². The zero-order valence-electron chi connectivity index (χ0n) is 13.6. The number of ether oxygens (including phenoxy) is 1. The molecule has 25 heavy (non-hydrogen) atoms. The molecule has 132 valence electrons. The second-order valence-electron chi connectivity index (χ2n) is 5.84. The first-order valence-corrected chi connectivity index (χ1v) is 8.61. The van der Waals surface area contributed by atoms with Crippen LogP contribution in [0, 0.1) is 0 Å². The molecule has 0 saturated carbocycles. The van der Waals surface area contributed by atoms with Crippen LogP contribution >= 0.6 is 11.3 Å². The third-order valence-electron chi connectivity index (χ3n) is 4.18. The minimum Gasteiger partial charge on any atom is -0.453 e. The first-order valence-electron chi connectivity index (χ1n) is 7.79. The van der Waals surface area contributed by atoms with Crippen molar-refractivity contribution in [1.29, 1.82) is 0 Å². The number of aryl methyl sites for hydroxylation is 2. The van der Waals surface area contributed by atoms with E-state index in [1.165, 1.54) is 23.3 Å². The first-order chi connectivity index (χ1) is 11.9. The molecule has 0 unspecified atom stereocenters. The van der Waals surface area contributed by atoms with Crippen LogP contribution in [0.5, 0.6) is 0 Å². The van der Waals surface area contributed by atoms with Crippen LogP contribution in [0.3, 0.4) is 0 Å². The van der Waals surface area contributed by atoms with Gasteiger partial charge in [-0.3, -0.25) is 19.1 Å². The summed E-state index contributed by atoms with van der Waals surface area (Å²) in [4.78, 5) is 51.2. The van der Waals surface area contributed by atoms with Gasteiger partial charge in [0, 0.05) is 11.9 Å². The molecule has 0 radical (unpaired) electrons. The van der Waals surface area contributed by atoms with Gasteiger partial charge in [-0.2, -0.15) is 0 Å². The maximum absolute atomic E-state index is 12.2. The van der Waals surface area contributed by atoms with Crippen molar-refractivity contribution in [2.24, 2.45) is 7.05 Å². The molecule has 0 aromatic carbocycles. The van der Waals surface area contributed by atoms with E-state index in [9.17, 15) is 19.2 Å². The molecule has 2 aromatic heterocycles. The first kappa shape index (κ1) is 17.2. The number of nitrogens with two attached hydrogens (primary N) is 1. The van der Waals surface area contributed by atoms with Gasteiger partial charge in [0.05, 0.1) is 0 Å². The van der Waals surface area contributed by atoms with Crippen molar-refractivity contribution in [3.8, 4) is 0 Å². The summed E-state index contributed by atoms with van der Waals surface area (Å²) in [5.41, 5.74) is 4.81. The number of hydrogen-bond donors (Lipinski definition) is 2. The molecule has 1 aliphatic carbocycles. The lowest BCUT2D eigenvalue weighted by molar-refractivity contribution is 0.0479. The minimum atomic E-state index is -0.895. The van der Waals surface area contributed by atoms with Gasteiger partial charge in [0.25, 0.3) is 5.56 Å². The Morgan fingerprint density at radius 3 is 2.76 bits per heavy atom. The number of nitrogens with zero attached hydrogens (tertiary/aromatic N) is 1. The molecule has 0 spiro atoms. The number of carbonyl (C=O) groups is 2. The van der Waals surface area contributed by atoms with Crippen LogP contribution in [0.1, 0.15) is 43.3 Å². The largest absolute Gasteiger partial charge is 0.453 e. The van der Waals surface area contributed by atoms with Gasteiger partial charge in [0.15, 0.2) is 6.61 Å². The lowest BCUT2D eigenvalue weighted by Crippen LogP contribution is -2.35. The molecule has 8 nitrogen and oxygen atoms in total. The maximum atomic E-state index is 12.2. The van der Waals surface area contributed by atoms with E-state index in [0.29, 0.717) is 4.88 Å². The number of anilines is 1. The molecule has 0 bridgehead atoms. The van der Waals surface area contributed by atoms with Crippen molar-refractivity contribution in [3.63, 3.8) is 0 Å². The number of rotatable bonds is 4. The van der Waals surface area contributed by atoms with Crippen molar-refractivity contribution in [1.82, 2.24) is 9.55 Å². The van der Waals surface area contributed by atoms with Crippen molar-refractivity contribution in [2.45, 2.75) is 25.7 Å². The lowest BCUT2D eigenvalue weighted by atomic mass is 9.99. The number of nitrogen functional groups attached to an aromatic ring is 1. The van der Waals surface area contributed by atoms with Crippen LogP contribution in [0.15, 0.2) is 15.7 Å². The smallest absolute Gasteiger partial charge is 0.348 e. The Balaban J connectivity index is 1.73. The number of ketones is 1. The van der Waals surface area contributed by atoms with E-state index in [1.54, 1.807) is 6.07 Å². The Morgan fingerprint density at radius 2 is 2.04 bits per heavy atom. The molecular weight excluding hydrogens is 346 g/mol. The number of nitrogens with one attached hydrogen (secondary N) is 1. The summed E-state index contributed by atoms with van der Waals surface area (Å²) in [6.45, 7) is -0.618. The van der Waals surface area contributed by atoms with Gasteiger partial charge >= 0.3 is 11.7 Å². The van der Waals surface area contributed by atoms with E-state index in [4.69, 9.17) is 10.5 Å². The molecule has 3 rings (SSSR count). The van der Waals surface area contributed by atoms with Gasteiger partial charge in [-0.1, -0.05) is 0 Å². The van der Waals surface area contributed by atoms with Crippen molar-refractivity contribution in [3.05, 3.63) is 47.8 Å². The summed E-state index contributed by atoms with van der Waals surface area (Å²) in [7, 11) is 1.33. The second kappa shape index (κ2) is 6.67. The van der Waals surface area contributed by atoms with Crippen LogP contribution in [-0.4, -0.2) is 27.9 Å². The van der Waals surface area contributed by atoms with Crippen molar-refractivity contribution >= 4 is 28.9 Å². The molecule has 1 aliphatic rings. The molecular formula is C16H17N3O5S. The molecule has 0 fully saturated rings. The zero-order valence-corrected chi connectivity index (χ0v) is 14.4. The summed E-state index contributed by atoms with van der Waals surface area (Å²) in [5, 5.41) is 0. The number of fused-ring (bicyclic) bond motifs is 1. The topological polar surface area (TPSA) is 124 Å².